The number of anilines is 3. The van der Waals surface area contributed by atoms with Crippen LogP contribution in [0.3, 0.4) is 0 Å². The minimum Gasteiger partial charge on any atom is -0.367 e. The van der Waals surface area contributed by atoms with E-state index in [0.29, 0.717) is 17.0 Å². The molecule has 1 saturated carbocycles. The molecular formula is C19H19ClN4. The summed E-state index contributed by atoms with van der Waals surface area (Å²) in [7, 11) is 0. The second-order valence-electron chi connectivity index (χ2n) is 6.17. The molecule has 2 N–H and O–H groups in total. The van der Waals surface area contributed by atoms with Crippen LogP contribution in [0.2, 0.25) is 5.02 Å². The largest absolute Gasteiger partial charge is 0.367 e. The van der Waals surface area contributed by atoms with Crippen molar-refractivity contribution in [3.63, 3.8) is 0 Å². The maximum Gasteiger partial charge on any atom is 0.229 e. The normalized spacial score (nSPS) is 14.9. The summed E-state index contributed by atoms with van der Waals surface area (Å²) in [5.41, 5.74) is 1.85. The molecule has 122 valence electrons. The lowest BCUT2D eigenvalue weighted by molar-refractivity contribution is 0.752. The highest BCUT2D eigenvalue weighted by atomic mass is 35.5. The molecule has 0 atom stereocenters. The fraction of sp³-hybridized carbons (Fsp3) is 0.263. The maximum absolute atomic E-state index is 5.94. The number of aromatic nitrogens is 2. The molecule has 0 bridgehead atoms. The maximum atomic E-state index is 5.94. The van der Waals surface area contributed by atoms with Gasteiger partial charge in [-0.15, -0.1) is 0 Å². The molecule has 1 aliphatic carbocycles. The summed E-state index contributed by atoms with van der Waals surface area (Å²) in [6, 6.07) is 16.2. The lowest BCUT2D eigenvalue weighted by Crippen LogP contribution is -2.16. The van der Waals surface area contributed by atoms with Crippen molar-refractivity contribution >= 4 is 40.0 Å². The SMILES string of the molecule is Clc1ccc(Nc2nc(NC3CCCC3)c3ccccc3n2)cc1. The van der Waals surface area contributed by atoms with Crippen LogP contribution in [0.5, 0.6) is 0 Å². The second-order valence-corrected chi connectivity index (χ2v) is 6.61. The highest BCUT2D eigenvalue weighted by Crippen LogP contribution is 2.28. The summed E-state index contributed by atoms with van der Waals surface area (Å²) >= 11 is 5.94. The van der Waals surface area contributed by atoms with Crippen molar-refractivity contribution in [1.82, 2.24) is 9.97 Å². The smallest absolute Gasteiger partial charge is 0.229 e. The molecule has 0 saturated heterocycles. The number of hydrogen-bond acceptors (Lipinski definition) is 4. The monoisotopic (exact) mass is 338 g/mol. The first-order chi connectivity index (χ1) is 11.8. The molecule has 2 aromatic carbocycles. The van der Waals surface area contributed by atoms with Gasteiger partial charge in [0.05, 0.1) is 5.52 Å². The highest BCUT2D eigenvalue weighted by Gasteiger charge is 2.17. The third-order valence-electron chi connectivity index (χ3n) is 4.40. The quantitative estimate of drug-likeness (QED) is 0.670. The van der Waals surface area contributed by atoms with Crippen LogP contribution in [-0.4, -0.2) is 16.0 Å². The predicted octanol–water partition coefficient (Wildman–Crippen LogP) is 5.38. The molecule has 0 amide bonds. The van der Waals surface area contributed by atoms with Crippen LogP contribution in [0.1, 0.15) is 25.7 Å². The zero-order chi connectivity index (χ0) is 16.4. The van der Waals surface area contributed by atoms with Crippen LogP contribution in [-0.2, 0) is 0 Å². The van der Waals surface area contributed by atoms with E-state index in [4.69, 9.17) is 16.6 Å². The highest BCUT2D eigenvalue weighted by molar-refractivity contribution is 6.30. The van der Waals surface area contributed by atoms with Gasteiger partial charge in [0.25, 0.3) is 0 Å². The molecular weight excluding hydrogens is 320 g/mol. The molecule has 3 aromatic rings. The summed E-state index contributed by atoms with van der Waals surface area (Å²) in [5.74, 6) is 1.50. The Balaban J connectivity index is 1.68. The standard InChI is InChI=1S/C19H19ClN4/c20-13-9-11-15(12-10-13)22-19-23-17-8-4-3-7-16(17)18(24-19)21-14-5-1-2-6-14/h3-4,7-12,14H,1-2,5-6H2,(H2,21,22,23,24). The van der Waals surface area contributed by atoms with E-state index in [1.807, 2.05) is 42.5 Å². The number of benzene rings is 2. The Labute approximate surface area is 146 Å². The van der Waals surface area contributed by atoms with Crippen molar-refractivity contribution in [2.24, 2.45) is 0 Å². The molecule has 4 rings (SSSR count). The predicted molar refractivity (Wildman–Crippen MR) is 100 cm³/mol. The van der Waals surface area contributed by atoms with Gasteiger partial charge >= 0.3 is 0 Å². The van der Waals surface area contributed by atoms with E-state index in [2.05, 4.69) is 21.7 Å². The molecule has 1 heterocycles. The van der Waals surface area contributed by atoms with Crippen molar-refractivity contribution in [2.75, 3.05) is 10.6 Å². The van der Waals surface area contributed by atoms with Crippen molar-refractivity contribution in [3.05, 3.63) is 53.6 Å². The molecule has 0 radical (unpaired) electrons. The Bertz CT molecular complexity index is 842. The van der Waals surface area contributed by atoms with E-state index in [1.54, 1.807) is 0 Å². The van der Waals surface area contributed by atoms with Gasteiger partial charge in [0, 0.05) is 22.1 Å². The average molecular weight is 339 g/mol. The van der Waals surface area contributed by atoms with Gasteiger partial charge in [-0.1, -0.05) is 36.6 Å². The molecule has 1 fully saturated rings. The van der Waals surface area contributed by atoms with Crippen LogP contribution in [0.4, 0.5) is 17.5 Å². The second kappa shape index (κ2) is 6.65. The molecule has 0 spiro atoms. The van der Waals surface area contributed by atoms with E-state index in [9.17, 15) is 0 Å². The summed E-state index contributed by atoms with van der Waals surface area (Å²) in [5, 5.41) is 8.65. The van der Waals surface area contributed by atoms with E-state index >= 15 is 0 Å². The fourth-order valence-electron chi connectivity index (χ4n) is 3.17. The third kappa shape index (κ3) is 3.29. The Morgan fingerprint density at radius 3 is 2.46 bits per heavy atom. The lowest BCUT2D eigenvalue weighted by Gasteiger charge is -2.16. The van der Waals surface area contributed by atoms with E-state index < -0.39 is 0 Å². The van der Waals surface area contributed by atoms with Gasteiger partial charge in [0.1, 0.15) is 5.82 Å². The lowest BCUT2D eigenvalue weighted by atomic mass is 10.2. The minimum absolute atomic E-state index is 0.506. The van der Waals surface area contributed by atoms with E-state index in [-0.39, 0.29) is 0 Å². The van der Waals surface area contributed by atoms with Crippen LogP contribution in [0.25, 0.3) is 10.9 Å². The molecule has 4 nitrogen and oxygen atoms in total. The van der Waals surface area contributed by atoms with Crippen LogP contribution >= 0.6 is 11.6 Å². The van der Waals surface area contributed by atoms with Gasteiger partial charge in [-0.25, -0.2) is 4.98 Å². The summed E-state index contributed by atoms with van der Waals surface area (Å²) in [6.45, 7) is 0. The number of nitrogens with zero attached hydrogens (tertiary/aromatic N) is 2. The Morgan fingerprint density at radius 1 is 0.917 bits per heavy atom. The van der Waals surface area contributed by atoms with Crippen LogP contribution < -0.4 is 10.6 Å². The molecule has 5 heteroatoms. The first kappa shape index (κ1) is 15.2. The van der Waals surface area contributed by atoms with Gasteiger partial charge in [0.15, 0.2) is 0 Å². The van der Waals surface area contributed by atoms with Crippen molar-refractivity contribution in [3.8, 4) is 0 Å². The van der Waals surface area contributed by atoms with Crippen molar-refractivity contribution in [1.29, 1.82) is 0 Å². The number of para-hydroxylation sites is 1. The molecule has 0 unspecified atom stereocenters. The average Bonchev–Trinajstić information content (AvgIpc) is 3.10. The number of halogens is 1. The van der Waals surface area contributed by atoms with Crippen LogP contribution in [0.15, 0.2) is 48.5 Å². The van der Waals surface area contributed by atoms with Crippen LogP contribution in [0, 0.1) is 0 Å². The minimum atomic E-state index is 0.506. The number of fused-ring (bicyclic) bond motifs is 1. The first-order valence-electron chi connectivity index (χ1n) is 8.34. The molecule has 24 heavy (non-hydrogen) atoms. The summed E-state index contributed by atoms with van der Waals surface area (Å²) in [4.78, 5) is 9.35. The zero-order valence-corrected chi connectivity index (χ0v) is 14.1. The Morgan fingerprint density at radius 2 is 1.67 bits per heavy atom. The summed E-state index contributed by atoms with van der Waals surface area (Å²) < 4.78 is 0. The Kier molecular flexibility index (Phi) is 4.22. The molecule has 1 aromatic heterocycles. The van der Waals surface area contributed by atoms with E-state index in [1.165, 1.54) is 25.7 Å². The van der Waals surface area contributed by atoms with Gasteiger partial charge in [0.2, 0.25) is 5.95 Å². The fourth-order valence-corrected chi connectivity index (χ4v) is 3.29. The van der Waals surface area contributed by atoms with E-state index in [0.717, 1.165) is 22.4 Å². The van der Waals surface area contributed by atoms with Gasteiger partial charge in [-0.2, -0.15) is 4.98 Å². The summed E-state index contributed by atoms with van der Waals surface area (Å²) in [6.07, 6.45) is 4.99. The number of hydrogen-bond donors (Lipinski definition) is 2. The van der Waals surface area contributed by atoms with Gasteiger partial charge < -0.3 is 10.6 Å². The Hall–Kier alpha value is -2.33. The molecule has 0 aliphatic heterocycles. The molecule has 1 aliphatic rings. The van der Waals surface area contributed by atoms with Gasteiger partial charge in [-0.05, 0) is 49.2 Å². The topological polar surface area (TPSA) is 49.8 Å². The van der Waals surface area contributed by atoms with Crippen molar-refractivity contribution < 1.29 is 0 Å². The van der Waals surface area contributed by atoms with Gasteiger partial charge in [-0.3, -0.25) is 0 Å². The third-order valence-corrected chi connectivity index (χ3v) is 4.65. The first-order valence-corrected chi connectivity index (χ1v) is 8.72. The number of nitrogens with one attached hydrogen (secondary N) is 2. The number of rotatable bonds is 4. The zero-order valence-electron chi connectivity index (χ0n) is 13.3. The van der Waals surface area contributed by atoms with Crippen molar-refractivity contribution in [2.45, 2.75) is 31.7 Å².